The van der Waals surface area contributed by atoms with Crippen LogP contribution < -0.4 is 11.1 Å². The minimum absolute atomic E-state index is 0. The van der Waals surface area contributed by atoms with Crippen LogP contribution in [0.1, 0.15) is 61.1 Å². The van der Waals surface area contributed by atoms with Gasteiger partial charge in [0.15, 0.2) is 5.82 Å². The Balaban J connectivity index is 0.000000817. The number of carbonyl (C=O) groups is 1. The van der Waals surface area contributed by atoms with Crippen LogP contribution in [-0.4, -0.2) is 37.6 Å². The fraction of sp³-hybridized carbons (Fsp3) is 0.312. The third kappa shape index (κ3) is 9.37. The number of ether oxygens (including phenoxy) is 1. The summed E-state index contributed by atoms with van der Waals surface area (Å²) in [5.41, 5.74) is 9.59. The molecule has 5 N–H and O–H groups in total. The summed E-state index contributed by atoms with van der Waals surface area (Å²) in [6.45, 7) is 8.20. The van der Waals surface area contributed by atoms with Gasteiger partial charge in [-0.25, -0.2) is 4.98 Å². The second kappa shape index (κ2) is 15.4. The SMILES string of the molecule is CC/C=C\C=C(\C)N.CC[C@@](C)(CO[C@H](O)c1ncc(-c2ccc3nccnc3c2)[nH]1)C(=O)NCc1ccccc1.[HH].[HH]. The fourth-order valence-corrected chi connectivity index (χ4v) is 3.76. The average Bonchev–Trinajstić information content (AvgIpc) is 3.50. The lowest BCUT2D eigenvalue weighted by Crippen LogP contribution is -2.41. The molecule has 2 heterocycles. The van der Waals surface area contributed by atoms with E-state index in [1.54, 1.807) is 18.6 Å². The highest BCUT2D eigenvalue weighted by Crippen LogP contribution is 2.26. The van der Waals surface area contributed by atoms with Crippen LogP contribution >= 0.6 is 0 Å². The van der Waals surface area contributed by atoms with E-state index in [-0.39, 0.29) is 21.2 Å². The molecular formula is C32H44N6O3. The van der Waals surface area contributed by atoms with E-state index in [0.29, 0.717) is 13.0 Å². The molecule has 0 saturated heterocycles. The molecule has 2 aromatic heterocycles. The number of amides is 1. The Morgan fingerprint density at radius 2 is 1.88 bits per heavy atom. The normalized spacial score (nSPS) is 13.8. The minimum Gasteiger partial charge on any atom is -0.402 e. The molecule has 9 heteroatoms. The number of imidazole rings is 1. The summed E-state index contributed by atoms with van der Waals surface area (Å²) in [4.78, 5) is 28.7. The van der Waals surface area contributed by atoms with Crippen molar-refractivity contribution in [2.75, 3.05) is 6.61 Å². The van der Waals surface area contributed by atoms with Crippen LogP contribution in [0.3, 0.4) is 0 Å². The summed E-state index contributed by atoms with van der Waals surface area (Å²) in [5.74, 6) is 0.144. The number of hydrogen-bond donors (Lipinski definition) is 4. The largest absolute Gasteiger partial charge is 0.402 e. The van der Waals surface area contributed by atoms with E-state index in [1.807, 2.05) is 81.5 Å². The summed E-state index contributed by atoms with van der Waals surface area (Å²) in [6.07, 6.45) is 11.2. The second-order valence-electron chi connectivity index (χ2n) is 9.93. The molecule has 4 rings (SSSR count). The fourth-order valence-electron chi connectivity index (χ4n) is 3.76. The molecule has 0 saturated carbocycles. The van der Waals surface area contributed by atoms with E-state index in [1.165, 1.54) is 0 Å². The van der Waals surface area contributed by atoms with Gasteiger partial charge < -0.3 is 25.9 Å². The molecule has 0 radical (unpaired) electrons. The summed E-state index contributed by atoms with van der Waals surface area (Å²) < 4.78 is 5.66. The first-order valence-electron chi connectivity index (χ1n) is 13.7. The monoisotopic (exact) mass is 560 g/mol. The van der Waals surface area contributed by atoms with Gasteiger partial charge in [0.25, 0.3) is 0 Å². The topological polar surface area (TPSA) is 139 Å². The minimum atomic E-state index is -1.29. The smallest absolute Gasteiger partial charge is 0.228 e. The molecule has 0 fully saturated rings. The van der Waals surface area contributed by atoms with E-state index in [9.17, 15) is 9.90 Å². The first kappa shape index (κ1) is 31.2. The van der Waals surface area contributed by atoms with Crippen molar-refractivity contribution in [2.24, 2.45) is 11.1 Å². The number of nitrogens with one attached hydrogen (secondary N) is 2. The molecule has 220 valence electrons. The molecular weight excluding hydrogens is 516 g/mol. The second-order valence-corrected chi connectivity index (χ2v) is 9.93. The maximum atomic E-state index is 12.8. The maximum Gasteiger partial charge on any atom is 0.228 e. The van der Waals surface area contributed by atoms with Crippen LogP contribution in [0, 0.1) is 5.41 Å². The molecule has 0 aliphatic carbocycles. The van der Waals surface area contributed by atoms with Crippen molar-refractivity contribution in [3.05, 3.63) is 102 Å². The van der Waals surface area contributed by atoms with Crippen molar-refractivity contribution in [1.29, 1.82) is 0 Å². The van der Waals surface area contributed by atoms with Gasteiger partial charge in [-0.2, -0.15) is 0 Å². The molecule has 1 amide bonds. The van der Waals surface area contributed by atoms with Crippen LogP contribution in [0.4, 0.5) is 0 Å². The number of aliphatic hydroxyl groups is 1. The van der Waals surface area contributed by atoms with Crippen molar-refractivity contribution < 1.29 is 17.5 Å². The standard InChI is InChI=1S/C25H27N5O3.C7H13N.2H2/c1-3-25(2,24(32)29-14-17-7-5-4-6-8-17)16-33-23(31)22-28-15-21(30-22)18-9-10-19-20(13-18)27-12-11-26-19;1-3-4-5-6-7(2)8;;/h4-13,15,23,31H,3,14,16H2,1-2H3,(H,28,30)(H,29,32);4-6H,3,8H2,1-2H3;2*1H/b;5-4-,7-6-;;/t23-,25-;;;/m0.../s1. The number of H-pyrrole nitrogens is 1. The lowest BCUT2D eigenvalue weighted by Gasteiger charge is -2.27. The van der Waals surface area contributed by atoms with Gasteiger partial charge >= 0.3 is 0 Å². The van der Waals surface area contributed by atoms with Gasteiger partial charge in [-0.05, 0) is 50.5 Å². The highest BCUT2D eigenvalue weighted by molar-refractivity contribution is 5.82. The Kier molecular flexibility index (Phi) is 11.8. The number of nitrogens with zero attached hydrogens (tertiary/aromatic N) is 3. The van der Waals surface area contributed by atoms with Gasteiger partial charge in [-0.3, -0.25) is 14.8 Å². The molecule has 0 bridgehead atoms. The third-order valence-corrected chi connectivity index (χ3v) is 6.52. The zero-order chi connectivity index (χ0) is 29.7. The van der Waals surface area contributed by atoms with Crippen LogP contribution in [0.25, 0.3) is 22.3 Å². The van der Waals surface area contributed by atoms with E-state index in [2.05, 4.69) is 38.3 Å². The van der Waals surface area contributed by atoms with Crippen molar-refractivity contribution in [3.63, 3.8) is 0 Å². The molecule has 2 aromatic carbocycles. The van der Waals surface area contributed by atoms with Gasteiger partial charge in [-0.15, -0.1) is 0 Å². The quantitative estimate of drug-likeness (QED) is 0.129. The molecule has 41 heavy (non-hydrogen) atoms. The summed E-state index contributed by atoms with van der Waals surface area (Å²) in [5, 5.41) is 13.5. The van der Waals surface area contributed by atoms with Crippen molar-refractivity contribution in [3.8, 4) is 11.3 Å². The van der Waals surface area contributed by atoms with Gasteiger partial charge in [0.05, 0.1) is 34.9 Å². The Morgan fingerprint density at radius 3 is 2.56 bits per heavy atom. The number of fused-ring (bicyclic) bond motifs is 1. The molecule has 4 aromatic rings. The summed E-state index contributed by atoms with van der Waals surface area (Å²) >= 11 is 0. The van der Waals surface area contributed by atoms with Crippen LogP contribution in [0.5, 0.6) is 0 Å². The Bertz CT molecular complexity index is 1460. The van der Waals surface area contributed by atoms with Gasteiger partial charge in [0, 0.05) is 33.1 Å². The van der Waals surface area contributed by atoms with Crippen LogP contribution in [0.15, 0.2) is 91.0 Å². The number of aromatic nitrogens is 4. The van der Waals surface area contributed by atoms with Crippen LogP contribution in [0.2, 0.25) is 0 Å². The number of aromatic amines is 1. The van der Waals surface area contributed by atoms with Gasteiger partial charge in [0.1, 0.15) is 0 Å². The number of rotatable bonds is 11. The summed E-state index contributed by atoms with van der Waals surface area (Å²) in [7, 11) is 0. The van der Waals surface area contributed by atoms with E-state index >= 15 is 0 Å². The van der Waals surface area contributed by atoms with E-state index in [4.69, 9.17) is 10.5 Å². The highest BCUT2D eigenvalue weighted by Gasteiger charge is 2.33. The Morgan fingerprint density at radius 1 is 1.15 bits per heavy atom. The van der Waals surface area contributed by atoms with E-state index < -0.39 is 11.7 Å². The number of allylic oxidation sites excluding steroid dienone is 4. The van der Waals surface area contributed by atoms with Gasteiger partial charge in [-0.1, -0.05) is 62.4 Å². The molecule has 0 aliphatic heterocycles. The number of nitrogens with two attached hydrogens (primary N) is 1. The number of hydrogen-bond acceptors (Lipinski definition) is 7. The average molecular weight is 561 g/mol. The molecule has 0 unspecified atom stereocenters. The first-order chi connectivity index (χ1) is 19.8. The molecule has 0 aliphatic rings. The lowest BCUT2D eigenvalue weighted by molar-refractivity contribution is -0.152. The third-order valence-electron chi connectivity index (χ3n) is 6.52. The lowest BCUT2D eigenvalue weighted by atomic mass is 9.87. The number of carbonyl (C=O) groups excluding carboxylic acids is 1. The van der Waals surface area contributed by atoms with Crippen molar-refractivity contribution in [2.45, 2.75) is 53.4 Å². The van der Waals surface area contributed by atoms with Crippen LogP contribution in [-0.2, 0) is 16.1 Å². The zero-order valence-electron chi connectivity index (χ0n) is 24.2. The molecule has 0 spiro atoms. The first-order valence-corrected chi connectivity index (χ1v) is 13.7. The molecule has 2 atom stereocenters. The summed E-state index contributed by atoms with van der Waals surface area (Å²) in [6, 6.07) is 15.4. The number of aliphatic hydroxyl groups excluding tert-OH is 1. The molecule has 9 nitrogen and oxygen atoms in total. The van der Waals surface area contributed by atoms with Crippen molar-refractivity contribution in [1.82, 2.24) is 25.3 Å². The predicted molar refractivity (Wildman–Crippen MR) is 166 cm³/mol. The maximum absolute atomic E-state index is 12.8. The van der Waals surface area contributed by atoms with Gasteiger partial charge in [0.2, 0.25) is 12.2 Å². The van der Waals surface area contributed by atoms with Crippen molar-refractivity contribution >= 4 is 16.9 Å². The Labute approximate surface area is 244 Å². The predicted octanol–water partition coefficient (Wildman–Crippen LogP) is 6.07. The highest BCUT2D eigenvalue weighted by atomic mass is 16.6. The Hall–Kier alpha value is -4.34. The number of benzene rings is 2. The van der Waals surface area contributed by atoms with E-state index in [0.717, 1.165) is 40.0 Å². The zero-order valence-corrected chi connectivity index (χ0v) is 24.2.